The number of hydrogen-bond donors (Lipinski definition) is 2. The minimum atomic E-state index is -3.17. The summed E-state index contributed by atoms with van der Waals surface area (Å²) >= 11 is 0. The molecule has 1 atom stereocenters. The van der Waals surface area contributed by atoms with Gasteiger partial charge in [0.15, 0.2) is 0 Å². The Kier molecular flexibility index (Phi) is 8.06. The van der Waals surface area contributed by atoms with E-state index in [0.29, 0.717) is 11.0 Å². The van der Waals surface area contributed by atoms with Gasteiger partial charge in [-0.2, -0.15) is 5.26 Å². The van der Waals surface area contributed by atoms with Gasteiger partial charge in [0.1, 0.15) is 6.54 Å². The molecule has 1 aromatic heterocycles. The van der Waals surface area contributed by atoms with E-state index in [9.17, 15) is 18.4 Å². The van der Waals surface area contributed by atoms with Gasteiger partial charge in [-0.3, -0.25) is 9.78 Å². The summed E-state index contributed by atoms with van der Waals surface area (Å²) in [6.45, 7) is 1.23. The molecule has 2 heterocycles. The molecule has 1 aromatic rings. The minimum absolute atomic E-state index is 0.289. The number of hydrogen-bond acceptors (Lipinski definition) is 4. The fourth-order valence-corrected chi connectivity index (χ4v) is 3.36. The van der Waals surface area contributed by atoms with Crippen molar-refractivity contribution in [1.29, 1.82) is 5.26 Å². The van der Waals surface area contributed by atoms with Crippen molar-refractivity contribution in [2.45, 2.75) is 50.5 Å². The predicted molar refractivity (Wildman–Crippen MR) is 105 cm³/mol. The van der Waals surface area contributed by atoms with Crippen molar-refractivity contribution in [2.75, 3.05) is 19.6 Å². The molecule has 1 saturated heterocycles. The van der Waals surface area contributed by atoms with Crippen LogP contribution in [0.5, 0.6) is 0 Å². The lowest BCUT2D eigenvalue weighted by atomic mass is 9.94. The van der Waals surface area contributed by atoms with Crippen LogP contribution in [0.25, 0.3) is 5.73 Å². The molecule has 0 radical (unpaired) electrons. The van der Waals surface area contributed by atoms with Gasteiger partial charge in [0.05, 0.1) is 6.07 Å². The highest BCUT2D eigenvalue weighted by atomic mass is 19.3. The third-order valence-corrected chi connectivity index (χ3v) is 5.40. The van der Waals surface area contributed by atoms with Crippen LogP contribution in [0.3, 0.4) is 0 Å². The molecule has 1 aliphatic carbocycles. The Labute approximate surface area is 174 Å². The van der Waals surface area contributed by atoms with Gasteiger partial charge in [0, 0.05) is 38.3 Å². The Morgan fingerprint density at radius 3 is 2.53 bits per heavy atom. The maximum Gasteiger partial charge on any atom is 0.407 e. The summed E-state index contributed by atoms with van der Waals surface area (Å²) in [5.74, 6) is -4.04. The van der Waals surface area contributed by atoms with Crippen molar-refractivity contribution in [3.8, 4) is 6.07 Å². The van der Waals surface area contributed by atoms with E-state index in [0.717, 1.165) is 25.9 Å². The molecular formula is C20H26F2N5O3-. The van der Waals surface area contributed by atoms with Gasteiger partial charge in [0.25, 0.3) is 5.92 Å². The number of alkyl halides is 2. The third-order valence-electron chi connectivity index (χ3n) is 5.40. The molecule has 1 saturated carbocycles. The highest BCUT2D eigenvalue weighted by Crippen LogP contribution is 2.53. The first-order valence-electron chi connectivity index (χ1n) is 9.77. The molecule has 2 aliphatic rings. The zero-order chi connectivity index (χ0) is 22.2. The number of piperidine rings is 1. The van der Waals surface area contributed by atoms with Gasteiger partial charge in [-0.25, -0.2) is 13.6 Å². The van der Waals surface area contributed by atoms with Crippen LogP contribution < -0.4 is 5.32 Å². The SMILES string of the molecule is N#CCNC(=O)[C@@H]([NH-])CC(F)(F)Cc1cccnc1.O=C(O)N1CCC2(CC1)CC2. The number of pyridine rings is 1. The van der Waals surface area contributed by atoms with Gasteiger partial charge in [0.2, 0.25) is 5.91 Å². The average Bonchev–Trinajstić information content (AvgIpc) is 3.45. The number of nitrogens with zero attached hydrogens (tertiary/aromatic N) is 3. The number of carbonyl (C=O) groups excluding carboxylic acids is 1. The second-order valence-corrected chi connectivity index (χ2v) is 7.80. The summed E-state index contributed by atoms with van der Waals surface area (Å²) in [6.07, 6.45) is 5.45. The van der Waals surface area contributed by atoms with Crippen molar-refractivity contribution in [3.05, 3.63) is 35.8 Å². The number of carboxylic acid groups (broad SMARTS) is 1. The van der Waals surface area contributed by atoms with Crippen LogP contribution in [0.2, 0.25) is 0 Å². The van der Waals surface area contributed by atoms with Crippen molar-refractivity contribution in [1.82, 2.24) is 15.2 Å². The van der Waals surface area contributed by atoms with Crippen molar-refractivity contribution < 1.29 is 23.5 Å². The molecule has 1 aliphatic heterocycles. The molecule has 30 heavy (non-hydrogen) atoms. The van der Waals surface area contributed by atoms with Crippen molar-refractivity contribution in [2.24, 2.45) is 5.41 Å². The number of rotatable bonds is 6. The fraction of sp³-hybridized carbons (Fsp3) is 0.600. The first-order valence-corrected chi connectivity index (χ1v) is 9.77. The van der Waals surface area contributed by atoms with Gasteiger partial charge in [-0.1, -0.05) is 12.1 Å². The van der Waals surface area contributed by atoms with Crippen molar-refractivity contribution >= 4 is 12.0 Å². The van der Waals surface area contributed by atoms with Gasteiger partial charge in [-0.15, -0.1) is 0 Å². The fourth-order valence-electron chi connectivity index (χ4n) is 3.36. The number of aromatic nitrogens is 1. The Hall–Kier alpha value is -2.80. The van der Waals surface area contributed by atoms with Gasteiger partial charge < -0.3 is 21.1 Å². The Morgan fingerprint density at radius 1 is 1.37 bits per heavy atom. The van der Waals surface area contributed by atoms with E-state index in [4.69, 9.17) is 16.1 Å². The lowest BCUT2D eigenvalue weighted by molar-refractivity contribution is -0.123. The number of likely N-dealkylation sites (tertiary alicyclic amines) is 1. The van der Waals surface area contributed by atoms with Crippen LogP contribution in [-0.4, -0.2) is 58.6 Å². The van der Waals surface area contributed by atoms with Crippen LogP contribution in [0.15, 0.2) is 24.5 Å². The highest BCUT2D eigenvalue weighted by Gasteiger charge is 2.45. The third kappa shape index (κ3) is 7.55. The topological polar surface area (TPSA) is 130 Å². The first kappa shape index (κ1) is 23.5. The smallest absolute Gasteiger partial charge is 0.407 e. The molecule has 3 rings (SSSR count). The molecule has 0 aromatic carbocycles. The summed E-state index contributed by atoms with van der Waals surface area (Å²) < 4.78 is 27.3. The number of amides is 2. The van der Waals surface area contributed by atoms with Crippen LogP contribution >= 0.6 is 0 Å². The Bertz CT molecular complexity index is 755. The largest absolute Gasteiger partial charge is 0.667 e. The van der Waals surface area contributed by atoms with Gasteiger partial charge >= 0.3 is 6.09 Å². The molecule has 10 heteroatoms. The summed E-state index contributed by atoms with van der Waals surface area (Å²) in [5, 5.41) is 19.0. The Morgan fingerprint density at radius 2 is 2.03 bits per heavy atom. The standard InChI is InChI=1S/C12H13F2N4O.C8H13NO2/c13-12(14,6-9-2-1-4-17-8-9)7-10(16)11(19)18-5-3-15;10-7(11)9-5-3-8(1-2-8)4-6-9/h1-2,4,8,10,16H,5-7H2,(H,18,19);1-6H2,(H,10,11)/q-1;/t10-;/m0./s1. The minimum Gasteiger partial charge on any atom is -0.667 e. The Balaban J connectivity index is 0.000000244. The molecule has 2 fully saturated rings. The molecular weight excluding hydrogens is 396 g/mol. The van der Waals surface area contributed by atoms with E-state index in [1.54, 1.807) is 12.1 Å². The molecule has 8 nitrogen and oxygen atoms in total. The molecule has 0 bridgehead atoms. The maximum absolute atomic E-state index is 13.6. The van der Waals surface area contributed by atoms with E-state index >= 15 is 0 Å². The molecule has 3 N–H and O–H groups in total. The van der Waals surface area contributed by atoms with E-state index in [-0.39, 0.29) is 6.54 Å². The van der Waals surface area contributed by atoms with Crippen LogP contribution in [0, 0.1) is 16.7 Å². The summed E-state index contributed by atoms with van der Waals surface area (Å²) in [4.78, 5) is 27.0. The molecule has 0 unspecified atom stereocenters. The zero-order valence-corrected chi connectivity index (χ0v) is 16.6. The summed E-state index contributed by atoms with van der Waals surface area (Å²) in [6, 6.07) is 3.10. The lowest BCUT2D eigenvalue weighted by Crippen LogP contribution is -2.37. The molecule has 2 amide bonds. The molecule has 164 valence electrons. The van der Waals surface area contributed by atoms with Crippen LogP contribution in [0.4, 0.5) is 13.6 Å². The molecule has 1 spiro atoms. The number of carbonyl (C=O) groups is 2. The zero-order valence-electron chi connectivity index (χ0n) is 16.6. The number of halogens is 2. The predicted octanol–water partition coefficient (Wildman–Crippen LogP) is 3.25. The lowest BCUT2D eigenvalue weighted by Gasteiger charge is -2.29. The highest BCUT2D eigenvalue weighted by molar-refractivity contribution is 5.83. The van der Waals surface area contributed by atoms with Crippen LogP contribution in [0.1, 0.15) is 37.7 Å². The van der Waals surface area contributed by atoms with Crippen LogP contribution in [-0.2, 0) is 11.2 Å². The van der Waals surface area contributed by atoms with Crippen molar-refractivity contribution in [3.63, 3.8) is 0 Å². The maximum atomic E-state index is 13.6. The number of nitriles is 1. The monoisotopic (exact) mass is 422 g/mol. The second-order valence-electron chi connectivity index (χ2n) is 7.80. The quantitative estimate of drug-likeness (QED) is 0.680. The normalized spacial score (nSPS) is 17.9. The summed E-state index contributed by atoms with van der Waals surface area (Å²) in [5.41, 5.74) is 8.29. The summed E-state index contributed by atoms with van der Waals surface area (Å²) in [7, 11) is 0. The van der Waals surface area contributed by atoms with Gasteiger partial charge in [-0.05, 0) is 42.7 Å². The van der Waals surface area contributed by atoms with E-state index < -0.39 is 36.8 Å². The van der Waals surface area contributed by atoms with E-state index in [1.807, 2.05) is 0 Å². The first-order chi connectivity index (χ1) is 14.2. The van der Waals surface area contributed by atoms with E-state index in [2.05, 4.69) is 10.3 Å². The van der Waals surface area contributed by atoms with E-state index in [1.165, 1.54) is 36.2 Å². The number of nitrogens with one attached hydrogen (secondary N) is 2. The average molecular weight is 422 g/mol. The second kappa shape index (κ2) is 10.3.